The number of rotatable bonds is 5. The van der Waals surface area contributed by atoms with Gasteiger partial charge in [0.05, 0.1) is 12.2 Å². The van der Waals surface area contributed by atoms with Crippen molar-refractivity contribution in [2.75, 3.05) is 6.61 Å². The quantitative estimate of drug-likeness (QED) is 0.831. The van der Waals surface area contributed by atoms with Crippen LogP contribution in [0.2, 0.25) is 0 Å². The Morgan fingerprint density at radius 2 is 1.85 bits per heavy atom. The van der Waals surface area contributed by atoms with E-state index in [0.29, 0.717) is 17.1 Å². The van der Waals surface area contributed by atoms with Crippen molar-refractivity contribution in [1.82, 2.24) is 0 Å². The summed E-state index contributed by atoms with van der Waals surface area (Å²) in [7, 11) is 0. The first-order valence-electron chi connectivity index (χ1n) is 7.79. The van der Waals surface area contributed by atoms with Gasteiger partial charge < -0.3 is 9.84 Å². The zero-order chi connectivity index (χ0) is 13.8. The van der Waals surface area contributed by atoms with Crippen LogP contribution in [0, 0.1) is 0 Å². The van der Waals surface area contributed by atoms with E-state index in [-0.39, 0.29) is 0 Å². The van der Waals surface area contributed by atoms with Gasteiger partial charge in [-0.15, -0.1) is 0 Å². The van der Waals surface area contributed by atoms with Gasteiger partial charge in [-0.1, -0.05) is 24.6 Å². The molecule has 2 bridgehead atoms. The van der Waals surface area contributed by atoms with Gasteiger partial charge in [0.2, 0.25) is 0 Å². The fraction of sp³-hybridized carbons (Fsp3) is 0.647. The summed E-state index contributed by atoms with van der Waals surface area (Å²) in [6, 6.07) is 9.94. The molecule has 2 nitrogen and oxygen atoms in total. The van der Waals surface area contributed by atoms with Crippen molar-refractivity contribution >= 4 is 11.8 Å². The minimum absolute atomic E-state index is 0.430. The van der Waals surface area contributed by atoms with Crippen LogP contribution in [0.15, 0.2) is 30.3 Å². The Kier molecular flexibility index (Phi) is 4.57. The first-order chi connectivity index (χ1) is 9.73. The van der Waals surface area contributed by atoms with Crippen LogP contribution in [0.4, 0.5) is 0 Å². The third kappa shape index (κ3) is 3.70. The van der Waals surface area contributed by atoms with Crippen LogP contribution in [0.1, 0.15) is 44.9 Å². The second-order valence-corrected chi connectivity index (χ2v) is 7.81. The minimum atomic E-state index is -0.430. The second-order valence-electron chi connectivity index (χ2n) is 6.21. The van der Waals surface area contributed by atoms with E-state index in [4.69, 9.17) is 4.74 Å². The van der Waals surface area contributed by atoms with E-state index in [9.17, 15) is 5.11 Å². The zero-order valence-corrected chi connectivity index (χ0v) is 12.8. The monoisotopic (exact) mass is 292 g/mol. The fourth-order valence-electron chi connectivity index (χ4n) is 3.52. The van der Waals surface area contributed by atoms with Crippen LogP contribution >= 0.6 is 11.8 Å². The maximum absolute atomic E-state index is 10.8. The Hall–Kier alpha value is -0.670. The van der Waals surface area contributed by atoms with Crippen molar-refractivity contribution in [3.63, 3.8) is 0 Å². The molecule has 0 radical (unpaired) electrons. The van der Waals surface area contributed by atoms with E-state index in [2.05, 4.69) is 11.8 Å². The Bertz CT molecular complexity index is 408. The summed E-state index contributed by atoms with van der Waals surface area (Å²) in [5, 5.41) is 12.2. The Morgan fingerprint density at radius 3 is 2.55 bits per heavy atom. The number of thioether (sulfide) groups is 1. The zero-order valence-electron chi connectivity index (χ0n) is 12.0. The van der Waals surface area contributed by atoms with Gasteiger partial charge >= 0.3 is 0 Å². The van der Waals surface area contributed by atoms with Gasteiger partial charge in [0.1, 0.15) is 5.75 Å². The topological polar surface area (TPSA) is 29.5 Å². The van der Waals surface area contributed by atoms with E-state index >= 15 is 0 Å². The van der Waals surface area contributed by atoms with Crippen molar-refractivity contribution in [1.29, 1.82) is 0 Å². The highest BCUT2D eigenvalue weighted by Crippen LogP contribution is 2.46. The third-order valence-corrected chi connectivity index (χ3v) is 6.03. The molecule has 0 saturated carbocycles. The molecule has 2 atom stereocenters. The lowest BCUT2D eigenvalue weighted by molar-refractivity contribution is 0.000139. The largest absolute Gasteiger partial charge is 0.494 e. The van der Waals surface area contributed by atoms with E-state index < -0.39 is 5.60 Å². The summed E-state index contributed by atoms with van der Waals surface area (Å²) in [5.41, 5.74) is -0.430. The van der Waals surface area contributed by atoms with Gasteiger partial charge in [-0.3, -0.25) is 0 Å². The Balaban J connectivity index is 1.43. The molecule has 0 amide bonds. The molecule has 3 rings (SSSR count). The van der Waals surface area contributed by atoms with Crippen molar-refractivity contribution in [3.8, 4) is 5.75 Å². The lowest BCUT2D eigenvalue weighted by Crippen LogP contribution is -2.42. The number of benzene rings is 1. The summed E-state index contributed by atoms with van der Waals surface area (Å²) in [5.74, 6) is 0.926. The van der Waals surface area contributed by atoms with E-state index in [1.807, 2.05) is 30.3 Å². The molecule has 2 fully saturated rings. The third-order valence-electron chi connectivity index (χ3n) is 4.45. The highest BCUT2D eigenvalue weighted by Gasteiger charge is 2.40. The molecule has 110 valence electrons. The average Bonchev–Trinajstić information content (AvgIpc) is 2.44. The van der Waals surface area contributed by atoms with Crippen molar-refractivity contribution in [3.05, 3.63) is 30.3 Å². The molecule has 0 aromatic heterocycles. The molecule has 20 heavy (non-hydrogen) atoms. The molecule has 1 aromatic rings. The molecular formula is C17H24O2S. The van der Waals surface area contributed by atoms with Crippen LogP contribution < -0.4 is 4.74 Å². The Morgan fingerprint density at radius 1 is 1.15 bits per heavy atom. The Labute approximate surface area is 125 Å². The van der Waals surface area contributed by atoms with Gasteiger partial charge in [0.15, 0.2) is 0 Å². The van der Waals surface area contributed by atoms with E-state index in [0.717, 1.165) is 31.4 Å². The van der Waals surface area contributed by atoms with Gasteiger partial charge in [0.25, 0.3) is 0 Å². The fourth-order valence-corrected chi connectivity index (χ4v) is 5.49. The van der Waals surface area contributed by atoms with Gasteiger partial charge in [-0.05, 0) is 50.7 Å². The summed E-state index contributed by atoms with van der Waals surface area (Å²) in [6.45, 7) is 0.703. The van der Waals surface area contributed by atoms with Crippen LogP contribution in [0.5, 0.6) is 5.75 Å². The summed E-state index contributed by atoms with van der Waals surface area (Å²) in [4.78, 5) is 0. The normalized spacial score (nSPS) is 32.9. The maximum atomic E-state index is 10.8. The molecular weight excluding hydrogens is 268 g/mol. The number of fused-ring (bicyclic) bond motifs is 2. The number of hydrogen-bond acceptors (Lipinski definition) is 3. The molecule has 2 saturated heterocycles. The maximum Gasteiger partial charge on any atom is 0.119 e. The number of aliphatic hydroxyl groups is 1. The van der Waals surface area contributed by atoms with Crippen LogP contribution in [0.25, 0.3) is 0 Å². The number of para-hydroxylation sites is 1. The van der Waals surface area contributed by atoms with Gasteiger partial charge in [0, 0.05) is 10.5 Å². The van der Waals surface area contributed by atoms with Gasteiger partial charge in [-0.2, -0.15) is 11.8 Å². The molecule has 2 heterocycles. The molecule has 1 aromatic carbocycles. The van der Waals surface area contributed by atoms with Crippen LogP contribution in [-0.2, 0) is 0 Å². The predicted molar refractivity (Wildman–Crippen MR) is 84.4 cm³/mol. The number of hydrogen-bond donors (Lipinski definition) is 1. The first-order valence-corrected chi connectivity index (χ1v) is 8.73. The smallest absolute Gasteiger partial charge is 0.119 e. The molecule has 0 spiro atoms. The van der Waals surface area contributed by atoms with Crippen LogP contribution in [-0.4, -0.2) is 27.8 Å². The molecule has 2 aliphatic heterocycles. The minimum Gasteiger partial charge on any atom is -0.494 e. The van der Waals surface area contributed by atoms with Crippen molar-refractivity contribution < 1.29 is 9.84 Å². The van der Waals surface area contributed by atoms with Crippen molar-refractivity contribution in [2.45, 2.75) is 61.0 Å². The van der Waals surface area contributed by atoms with Gasteiger partial charge in [-0.25, -0.2) is 0 Å². The summed E-state index contributed by atoms with van der Waals surface area (Å²) in [6.07, 6.45) is 7.74. The first kappa shape index (κ1) is 14.3. The molecule has 2 unspecified atom stereocenters. The lowest BCUT2D eigenvalue weighted by Gasteiger charge is -2.44. The average molecular weight is 292 g/mol. The predicted octanol–water partition coefficient (Wildman–Crippen LogP) is 4.02. The number of ether oxygens (including phenoxy) is 1. The molecule has 2 aliphatic rings. The van der Waals surface area contributed by atoms with Crippen LogP contribution in [0.3, 0.4) is 0 Å². The standard InChI is InChI=1S/C17H24O2S/c18-17(12-15-8-4-9-16(13-17)20-15)10-5-11-19-14-6-2-1-3-7-14/h1-3,6-7,15-16,18H,4-5,8-13H2. The SMILES string of the molecule is OC1(CCCOc2ccccc2)CC2CCCC(C1)S2. The highest BCUT2D eigenvalue weighted by atomic mass is 32.2. The van der Waals surface area contributed by atoms with E-state index in [1.165, 1.54) is 19.3 Å². The second kappa shape index (κ2) is 6.40. The summed E-state index contributed by atoms with van der Waals surface area (Å²) >= 11 is 2.12. The highest BCUT2D eigenvalue weighted by molar-refractivity contribution is 8.00. The molecule has 1 N–H and O–H groups in total. The summed E-state index contributed by atoms with van der Waals surface area (Å²) < 4.78 is 5.72. The molecule has 0 aliphatic carbocycles. The van der Waals surface area contributed by atoms with E-state index in [1.54, 1.807) is 0 Å². The lowest BCUT2D eigenvalue weighted by atomic mass is 9.82. The van der Waals surface area contributed by atoms with Crippen molar-refractivity contribution in [2.24, 2.45) is 0 Å². The molecule has 3 heteroatoms.